The van der Waals surface area contributed by atoms with E-state index in [1.54, 1.807) is 28.8 Å². The summed E-state index contributed by atoms with van der Waals surface area (Å²) in [5.41, 5.74) is 0.251. The summed E-state index contributed by atoms with van der Waals surface area (Å²) in [6.45, 7) is 3.95. The molecule has 194 valence electrons. The molecule has 4 heterocycles. The number of non-ortho nitro benzene ring substituents is 1. The summed E-state index contributed by atoms with van der Waals surface area (Å²) >= 11 is 0. The fourth-order valence-corrected chi connectivity index (χ4v) is 6.72. The van der Waals surface area contributed by atoms with Crippen LogP contribution >= 0.6 is 0 Å². The van der Waals surface area contributed by atoms with Crippen LogP contribution in [-0.4, -0.2) is 32.3 Å². The number of nitrogens with zero attached hydrogens (tertiary/aromatic N) is 4. The van der Waals surface area contributed by atoms with Crippen LogP contribution in [0.4, 0.5) is 11.4 Å². The third kappa shape index (κ3) is 2.89. The molecule has 10 heteroatoms. The monoisotopic (exact) mass is 521 g/mol. The third-order valence-corrected chi connectivity index (χ3v) is 8.31. The Kier molecular flexibility index (Phi) is 4.75. The Morgan fingerprint density at radius 2 is 1.72 bits per heavy atom. The van der Waals surface area contributed by atoms with E-state index in [0.29, 0.717) is 28.0 Å². The predicted octanol–water partition coefficient (Wildman–Crippen LogP) is 3.28. The second-order valence-electron chi connectivity index (χ2n) is 10.6. The number of imide groups is 1. The van der Waals surface area contributed by atoms with E-state index >= 15 is 0 Å². The van der Waals surface area contributed by atoms with Crippen molar-refractivity contribution in [3.05, 3.63) is 105 Å². The van der Waals surface area contributed by atoms with Gasteiger partial charge in [-0.05, 0) is 30.2 Å². The zero-order chi connectivity index (χ0) is 27.2. The average Bonchev–Trinajstić information content (AvgIpc) is 3.52. The number of anilines is 1. The zero-order valence-corrected chi connectivity index (χ0v) is 21.1. The van der Waals surface area contributed by atoms with Crippen LogP contribution in [0.15, 0.2) is 77.6 Å². The first-order valence-corrected chi connectivity index (χ1v) is 12.8. The largest absolute Gasteiger partial charge is 0.296 e. The van der Waals surface area contributed by atoms with Gasteiger partial charge in [-0.1, -0.05) is 50.2 Å². The average molecular weight is 522 g/mol. The van der Waals surface area contributed by atoms with Gasteiger partial charge in [0.1, 0.15) is 11.4 Å². The number of carbonyl (C=O) groups is 2. The Balaban J connectivity index is 1.51. The predicted molar refractivity (Wildman–Crippen MR) is 142 cm³/mol. The highest BCUT2D eigenvalue weighted by Crippen LogP contribution is 2.56. The van der Waals surface area contributed by atoms with Crippen molar-refractivity contribution in [2.45, 2.75) is 25.4 Å². The zero-order valence-electron chi connectivity index (χ0n) is 21.1. The summed E-state index contributed by atoms with van der Waals surface area (Å²) in [5, 5.41) is 15.5. The Bertz CT molecular complexity index is 1810. The first kappa shape index (κ1) is 23.4. The lowest BCUT2D eigenvalue weighted by Crippen LogP contribution is -2.51. The number of rotatable bonds is 3. The highest BCUT2D eigenvalue weighted by atomic mass is 16.6. The van der Waals surface area contributed by atoms with Crippen molar-refractivity contribution in [2.24, 2.45) is 17.8 Å². The number of para-hydroxylation sites is 2. The first-order chi connectivity index (χ1) is 18.8. The van der Waals surface area contributed by atoms with Gasteiger partial charge in [0.05, 0.1) is 39.0 Å². The molecule has 3 aliphatic rings. The molecule has 10 nitrogen and oxygen atoms in total. The van der Waals surface area contributed by atoms with Crippen LogP contribution in [0.3, 0.4) is 0 Å². The summed E-state index contributed by atoms with van der Waals surface area (Å²) in [5.74, 6) is -2.27. The second-order valence-corrected chi connectivity index (χ2v) is 10.6. The van der Waals surface area contributed by atoms with Crippen molar-refractivity contribution >= 4 is 34.1 Å². The molecule has 0 aliphatic carbocycles. The number of aromatic nitrogens is 2. The van der Waals surface area contributed by atoms with Crippen molar-refractivity contribution in [2.75, 3.05) is 4.90 Å². The lowest BCUT2D eigenvalue weighted by atomic mass is 9.75. The van der Waals surface area contributed by atoms with Crippen LogP contribution < -0.4 is 15.8 Å². The molecule has 39 heavy (non-hydrogen) atoms. The quantitative estimate of drug-likeness (QED) is 0.249. The Morgan fingerprint density at radius 3 is 2.49 bits per heavy atom. The maximum absolute atomic E-state index is 14.4. The number of amides is 2. The minimum Gasteiger partial charge on any atom is -0.296 e. The highest BCUT2D eigenvalue weighted by Gasteiger charge is 2.70. The third-order valence-electron chi connectivity index (χ3n) is 8.31. The van der Waals surface area contributed by atoms with Crippen LogP contribution in [0.25, 0.3) is 16.6 Å². The van der Waals surface area contributed by atoms with Crippen LogP contribution in [0.5, 0.6) is 0 Å². The standard InChI is InChI=1S/C29H23N5O5/c1-15(2)24-22-23(27(37)32(26(22)36)16-8-7-9-17(14-16)34(38)39)29(31-24)19-11-4-6-13-21(19)33-25(35)18-10-3-5-12-20(18)30-28(29)33/h3-15,22-24,31H,1-2H3/t22-,23-,24+,29-/m1/s1. The SMILES string of the molecule is CC(C)[C@@H]1N[C@]2(c3ccccc3-n3c2nc2ccccc2c3=O)[C@H]2C(=O)N(c3cccc([N+](=O)[O-])c3)C(=O)[C@@H]12. The molecule has 0 bridgehead atoms. The molecule has 2 amide bonds. The normalized spacial score (nSPS) is 25.0. The summed E-state index contributed by atoms with van der Waals surface area (Å²) in [6.07, 6.45) is 0. The van der Waals surface area contributed by atoms with Gasteiger partial charge >= 0.3 is 0 Å². The molecule has 1 spiro atoms. The Hall–Kier alpha value is -4.70. The van der Waals surface area contributed by atoms with E-state index in [1.807, 2.05) is 38.1 Å². The number of nitro benzene ring substituents is 1. The van der Waals surface area contributed by atoms with Crippen LogP contribution in [0, 0.1) is 27.9 Å². The number of hydrogen-bond acceptors (Lipinski definition) is 7. The molecule has 7 rings (SSSR count). The number of hydrogen-bond donors (Lipinski definition) is 1. The highest BCUT2D eigenvalue weighted by molar-refractivity contribution is 6.23. The maximum atomic E-state index is 14.4. The van der Waals surface area contributed by atoms with Crippen molar-refractivity contribution in [1.82, 2.24) is 14.9 Å². The smallest absolute Gasteiger partial charge is 0.271 e. The molecule has 3 aliphatic heterocycles. The molecular formula is C29H23N5O5. The van der Waals surface area contributed by atoms with Gasteiger partial charge in [-0.25, -0.2) is 9.88 Å². The number of benzene rings is 3. The van der Waals surface area contributed by atoms with Crippen molar-refractivity contribution in [3.8, 4) is 5.69 Å². The molecule has 0 unspecified atom stereocenters. The lowest BCUT2D eigenvalue weighted by molar-refractivity contribution is -0.384. The number of nitrogens with one attached hydrogen (secondary N) is 1. The molecule has 2 saturated heterocycles. The van der Waals surface area contributed by atoms with Gasteiger partial charge in [0.15, 0.2) is 0 Å². The number of fused-ring (bicyclic) bond motifs is 8. The summed E-state index contributed by atoms with van der Waals surface area (Å²) in [4.78, 5) is 59.1. The molecule has 2 fully saturated rings. The topological polar surface area (TPSA) is 127 Å². The van der Waals surface area contributed by atoms with E-state index in [-0.39, 0.29) is 22.9 Å². The number of carbonyl (C=O) groups excluding carboxylic acids is 2. The first-order valence-electron chi connectivity index (χ1n) is 12.8. The fourth-order valence-electron chi connectivity index (χ4n) is 6.72. The molecule has 0 radical (unpaired) electrons. The van der Waals surface area contributed by atoms with Gasteiger partial charge in [-0.3, -0.25) is 34.4 Å². The van der Waals surface area contributed by atoms with E-state index in [4.69, 9.17) is 4.98 Å². The van der Waals surface area contributed by atoms with Crippen molar-refractivity contribution in [3.63, 3.8) is 0 Å². The van der Waals surface area contributed by atoms with Crippen molar-refractivity contribution in [1.29, 1.82) is 0 Å². The maximum Gasteiger partial charge on any atom is 0.271 e. The Labute approximate surface area is 222 Å². The second kappa shape index (κ2) is 7.90. The molecule has 4 atom stereocenters. The van der Waals surface area contributed by atoms with Crippen molar-refractivity contribution < 1.29 is 14.5 Å². The van der Waals surface area contributed by atoms with Crippen LogP contribution in [0.1, 0.15) is 25.2 Å². The molecule has 3 aromatic carbocycles. The summed E-state index contributed by atoms with van der Waals surface area (Å²) < 4.78 is 1.55. The minimum atomic E-state index is -1.25. The van der Waals surface area contributed by atoms with E-state index in [2.05, 4.69) is 5.32 Å². The molecule has 4 aromatic rings. The summed E-state index contributed by atoms with van der Waals surface area (Å²) in [6, 6.07) is 19.6. The van der Waals surface area contributed by atoms with Gasteiger partial charge in [0.25, 0.3) is 11.2 Å². The lowest BCUT2D eigenvalue weighted by Gasteiger charge is -2.32. The molecular weight excluding hydrogens is 498 g/mol. The van der Waals surface area contributed by atoms with E-state index in [9.17, 15) is 24.5 Å². The van der Waals surface area contributed by atoms with Gasteiger partial charge in [-0.2, -0.15) is 0 Å². The number of nitro groups is 1. The van der Waals surface area contributed by atoms with Gasteiger partial charge in [-0.15, -0.1) is 0 Å². The van der Waals surface area contributed by atoms with E-state index in [0.717, 1.165) is 4.90 Å². The van der Waals surface area contributed by atoms with E-state index < -0.39 is 40.2 Å². The van der Waals surface area contributed by atoms with E-state index in [1.165, 1.54) is 24.3 Å². The van der Waals surface area contributed by atoms with Gasteiger partial charge in [0.2, 0.25) is 11.8 Å². The molecule has 1 aromatic heterocycles. The Morgan fingerprint density at radius 1 is 0.974 bits per heavy atom. The minimum absolute atomic E-state index is 0.0490. The molecule has 1 N–H and O–H groups in total. The van der Waals surface area contributed by atoms with Crippen LogP contribution in [-0.2, 0) is 15.1 Å². The molecule has 0 saturated carbocycles. The van der Waals surface area contributed by atoms with Crippen LogP contribution in [0.2, 0.25) is 0 Å². The fraction of sp³-hybridized carbons (Fsp3) is 0.241. The van der Waals surface area contributed by atoms with Gasteiger partial charge in [0, 0.05) is 23.7 Å². The van der Waals surface area contributed by atoms with Gasteiger partial charge < -0.3 is 0 Å². The summed E-state index contributed by atoms with van der Waals surface area (Å²) in [7, 11) is 0.